The van der Waals surface area contributed by atoms with Crippen molar-refractivity contribution >= 4 is 29.2 Å². The second kappa shape index (κ2) is 10.5. The van der Waals surface area contributed by atoms with Gasteiger partial charge in [-0.1, -0.05) is 152 Å². The molecule has 0 amide bonds. The molecule has 0 spiro atoms. The lowest BCUT2D eigenvalue weighted by molar-refractivity contribution is 0.553. The van der Waals surface area contributed by atoms with Crippen LogP contribution < -0.4 is 5.30 Å². The largest absolute Gasteiger partial charge is 0.0743 e. The van der Waals surface area contributed by atoms with E-state index >= 15 is 0 Å². The monoisotopic (exact) mass is 512 g/mol. The molecule has 3 aromatic rings. The lowest BCUT2D eigenvalue weighted by Crippen LogP contribution is -2.32. The summed E-state index contributed by atoms with van der Waals surface area (Å²) < 4.78 is 0. The highest BCUT2D eigenvalue weighted by atomic mass is 32.4. The van der Waals surface area contributed by atoms with Gasteiger partial charge in [-0.3, -0.25) is 0 Å². The zero-order valence-electron chi connectivity index (χ0n) is 23.4. The van der Waals surface area contributed by atoms with Gasteiger partial charge in [0.05, 0.1) is 6.04 Å². The molecule has 0 nitrogen and oxygen atoms in total. The third-order valence-electron chi connectivity index (χ3n) is 6.34. The molecule has 1 unspecified atom stereocenters. The van der Waals surface area contributed by atoms with Gasteiger partial charge in [0.1, 0.15) is 0 Å². The molecular formula is C34H41PS. The zero-order valence-corrected chi connectivity index (χ0v) is 25.1. The molecule has 36 heavy (non-hydrogen) atoms. The van der Waals surface area contributed by atoms with Crippen LogP contribution in [-0.4, -0.2) is 0 Å². The summed E-state index contributed by atoms with van der Waals surface area (Å²) in [4.78, 5) is 0. The lowest BCUT2D eigenvalue weighted by atomic mass is 9.75. The van der Waals surface area contributed by atoms with Crippen molar-refractivity contribution in [3.8, 4) is 11.6 Å². The smallest absolute Gasteiger partial charge is 0.0720 e. The SMILES string of the molecule is CC(C)(C)c1cc(C(C)(C)C)c(P(=S)(C#Cc2ccccc2)/C=C\c2ccccc2)c(C(C)(C)C)c1. The van der Waals surface area contributed by atoms with Crippen LogP contribution in [0.25, 0.3) is 6.08 Å². The summed E-state index contributed by atoms with van der Waals surface area (Å²) in [5, 5.41) is 1.26. The molecule has 0 aliphatic carbocycles. The topological polar surface area (TPSA) is 0 Å². The van der Waals surface area contributed by atoms with Crippen LogP contribution in [0.3, 0.4) is 0 Å². The Balaban J connectivity index is 2.43. The van der Waals surface area contributed by atoms with E-state index < -0.39 is 6.04 Å². The first-order valence-electron chi connectivity index (χ1n) is 12.7. The molecule has 0 aliphatic heterocycles. The van der Waals surface area contributed by atoms with Crippen molar-refractivity contribution in [2.24, 2.45) is 0 Å². The van der Waals surface area contributed by atoms with Gasteiger partial charge in [0.25, 0.3) is 0 Å². The standard InChI is InChI=1S/C34H41PS/c1-32(2,3)28-24-29(33(4,5)6)31(30(25-28)34(7,8)9)35(36,22-20-26-16-12-10-13-17-26)23-21-27-18-14-11-15-19-27/h10-20,22,24-25H,1-9H3/b22-20-. The van der Waals surface area contributed by atoms with Crippen LogP contribution >= 0.6 is 6.04 Å². The average Bonchev–Trinajstić information content (AvgIpc) is 2.80. The van der Waals surface area contributed by atoms with E-state index in [0.717, 1.165) is 11.1 Å². The second-order valence-corrected chi connectivity index (χ2v) is 16.7. The number of rotatable bonds is 3. The fraction of sp³-hybridized carbons (Fsp3) is 0.353. The highest BCUT2D eigenvalue weighted by Gasteiger charge is 2.34. The maximum Gasteiger partial charge on any atom is 0.0720 e. The Morgan fingerprint density at radius 3 is 1.58 bits per heavy atom. The predicted octanol–water partition coefficient (Wildman–Crippen LogP) is 9.36. The molecule has 188 valence electrons. The molecule has 0 N–H and O–H groups in total. The van der Waals surface area contributed by atoms with Gasteiger partial charge in [-0.05, 0) is 56.4 Å². The van der Waals surface area contributed by atoms with Gasteiger partial charge >= 0.3 is 0 Å². The van der Waals surface area contributed by atoms with Crippen LogP contribution in [-0.2, 0) is 28.1 Å². The molecule has 3 aromatic carbocycles. The van der Waals surface area contributed by atoms with Gasteiger partial charge in [0.2, 0.25) is 0 Å². The van der Waals surface area contributed by atoms with Crippen molar-refractivity contribution in [1.82, 2.24) is 0 Å². The van der Waals surface area contributed by atoms with Crippen molar-refractivity contribution in [3.05, 3.63) is 106 Å². The first-order valence-corrected chi connectivity index (χ1v) is 15.6. The van der Waals surface area contributed by atoms with Crippen LogP contribution in [0.5, 0.6) is 0 Å². The molecule has 1 atom stereocenters. The minimum atomic E-state index is -2.45. The molecule has 0 saturated carbocycles. The van der Waals surface area contributed by atoms with Crippen molar-refractivity contribution in [1.29, 1.82) is 0 Å². The summed E-state index contributed by atoms with van der Waals surface area (Å²) in [6.45, 7) is 20.7. The van der Waals surface area contributed by atoms with Crippen LogP contribution in [0.4, 0.5) is 0 Å². The maximum atomic E-state index is 6.67. The summed E-state index contributed by atoms with van der Waals surface area (Å²) in [6, 6.07) is 23.0. The van der Waals surface area contributed by atoms with Gasteiger partial charge in [-0.25, -0.2) is 0 Å². The van der Waals surface area contributed by atoms with E-state index in [1.54, 1.807) is 0 Å². The van der Waals surface area contributed by atoms with E-state index in [2.05, 4.69) is 134 Å². The average molecular weight is 513 g/mol. The Kier molecular flexibility index (Phi) is 8.25. The Morgan fingerprint density at radius 2 is 1.14 bits per heavy atom. The molecule has 0 aliphatic rings. The van der Waals surface area contributed by atoms with Gasteiger partial charge in [-0.15, -0.1) is 0 Å². The predicted molar refractivity (Wildman–Crippen MR) is 165 cm³/mol. The number of benzene rings is 3. The molecule has 0 saturated heterocycles. The maximum absolute atomic E-state index is 6.67. The highest BCUT2D eigenvalue weighted by molar-refractivity contribution is 8.22. The van der Waals surface area contributed by atoms with Crippen LogP contribution in [0, 0.1) is 11.6 Å². The summed E-state index contributed by atoms with van der Waals surface area (Å²) in [5.41, 5.74) is 9.71. The van der Waals surface area contributed by atoms with Crippen molar-refractivity contribution in [2.45, 2.75) is 78.6 Å². The Morgan fingerprint density at radius 1 is 0.667 bits per heavy atom. The first kappa shape index (κ1) is 28.2. The number of hydrogen-bond donors (Lipinski definition) is 0. The van der Waals surface area contributed by atoms with E-state index in [1.807, 2.05) is 24.3 Å². The zero-order chi connectivity index (χ0) is 26.8. The van der Waals surface area contributed by atoms with Crippen molar-refractivity contribution in [3.63, 3.8) is 0 Å². The van der Waals surface area contributed by atoms with E-state index in [0.29, 0.717) is 0 Å². The van der Waals surface area contributed by atoms with Crippen LogP contribution in [0.1, 0.15) is 90.1 Å². The summed E-state index contributed by atoms with van der Waals surface area (Å²) in [7, 11) is 0. The van der Waals surface area contributed by atoms with E-state index in [4.69, 9.17) is 11.8 Å². The summed E-state index contributed by atoms with van der Waals surface area (Å²) in [5.74, 6) is 5.71. The molecule has 3 rings (SSSR count). The molecule has 0 heterocycles. The van der Waals surface area contributed by atoms with E-state index in [9.17, 15) is 0 Å². The van der Waals surface area contributed by atoms with Gasteiger partial charge in [0, 0.05) is 10.9 Å². The van der Waals surface area contributed by atoms with E-state index in [1.165, 1.54) is 22.0 Å². The van der Waals surface area contributed by atoms with Gasteiger partial charge in [0.15, 0.2) is 0 Å². The van der Waals surface area contributed by atoms with Crippen LogP contribution in [0.15, 0.2) is 78.6 Å². The van der Waals surface area contributed by atoms with Crippen LogP contribution in [0.2, 0.25) is 0 Å². The fourth-order valence-corrected chi connectivity index (χ4v) is 7.60. The molecule has 2 heteroatoms. The minimum absolute atomic E-state index is 0.0384. The van der Waals surface area contributed by atoms with Gasteiger partial charge in [-0.2, -0.15) is 0 Å². The molecule has 0 fully saturated rings. The third kappa shape index (κ3) is 6.88. The highest BCUT2D eigenvalue weighted by Crippen LogP contribution is 2.52. The summed E-state index contributed by atoms with van der Waals surface area (Å²) >= 11 is 6.67. The Hall–Kier alpha value is -2.39. The minimum Gasteiger partial charge on any atom is -0.0743 e. The molecule has 0 radical (unpaired) electrons. The molecule has 0 bridgehead atoms. The third-order valence-corrected chi connectivity index (χ3v) is 9.69. The normalized spacial score (nSPS) is 14.2. The number of hydrogen-bond acceptors (Lipinski definition) is 1. The molecule has 0 aromatic heterocycles. The molecular weight excluding hydrogens is 471 g/mol. The Bertz CT molecular complexity index is 1300. The quantitative estimate of drug-likeness (QED) is 0.249. The van der Waals surface area contributed by atoms with Crippen molar-refractivity contribution in [2.75, 3.05) is 0 Å². The Labute approximate surface area is 225 Å². The van der Waals surface area contributed by atoms with E-state index in [-0.39, 0.29) is 16.2 Å². The van der Waals surface area contributed by atoms with Crippen molar-refractivity contribution < 1.29 is 0 Å². The van der Waals surface area contributed by atoms with Gasteiger partial charge < -0.3 is 0 Å². The first-order chi connectivity index (χ1) is 16.6. The lowest BCUT2D eigenvalue weighted by Gasteiger charge is -2.35. The summed E-state index contributed by atoms with van der Waals surface area (Å²) in [6.07, 6.45) is 2.18. The second-order valence-electron chi connectivity index (χ2n) is 12.7. The fourth-order valence-electron chi connectivity index (χ4n) is 4.16.